The smallest absolute Gasteiger partial charge is 0.165 e. The maximum absolute atomic E-state index is 4.83. The Balaban J connectivity index is 1.80. The molecule has 1 saturated heterocycles. The van der Waals surface area contributed by atoms with Crippen molar-refractivity contribution in [2.24, 2.45) is 7.05 Å². The first-order valence-electron chi connectivity index (χ1n) is 8.36. The summed E-state index contributed by atoms with van der Waals surface area (Å²) in [5.41, 5.74) is 3.78. The van der Waals surface area contributed by atoms with Gasteiger partial charge in [-0.15, -0.1) is 0 Å². The first-order valence-corrected chi connectivity index (χ1v) is 8.36. The monoisotopic (exact) mass is 326 g/mol. The molecule has 0 bridgehead atoms. The molecule has 3 aromatic rings. The highest BCUT2D eigenvalue weighted by molar-refractivity contribution is 5.86. The van der Waals surface area contributed by atoms with E-state index in [9.17, 15) is 0 Å². The first-order chi connectivity index (χ1) is 11.7. The van der Waals surface area contributed by atoms with Gasteiger partial charge in [-0.2, -0.15) is 5.10 Å². The van der Waals surface area contributed by atoms with Crippen molar-refractivity contribution in [1.29, 1.82) is 0 Å². The van der Waals surface area contributed by atoms with E-state index in [1.54, 1.807) is 6.33 Å². The molecule has 1 atom stereocenters. The quantitative estimate of drug-likeness (QED) is 0.752. The Hall–Kier alpha value is -2.48. The number of aromatic nitrogens is 6. The van der Waals surface area contributed by atoms with Crippen LogP contribution in [-0.2, 0) is 13.6 Å². The van der Waals surface area contributed by atoms with E-state index in [-0.39, 0.29) is 0 Å². The fourth-order valence-electron chi connectivity index (χ4n) is 3.30. The molecule has 0 aromatic carbocycles. The zero-order valence-corrected chi connectivity index (χ0v) is 14.2. The third-order valence-electron chi connectivity index (χ3n) is 4.70. The number of hydrogen-bond donors (Lipinski definition) is 2. The number of nitrogens with zero attached hydrogens (tertiary/aromatic N) is 6. The minimum Gasteiger partial charge on any atom is -0.364 e. The molecule has 8 heteroatoms. The number of rotatable bonds is 4. The number of nitrogens with one attached hydrogen (secondary N) is 2. The van der Waals surface area contributed by atoms with E-state index < -0.39 is 0 Å². The van der Waals surface area contributed by atoms with Crippen LogP contribution in [0.4, 0.5) is 5.82 Å². The van der Waals surface area contributed by atoms with Crippen molar-refractivity contribution < 1.29 is 0 Å². The fourth-order valence-corrected chi connectivity index (χ4v) is 3.30. The average molecular weight is 326 g/mol. The first kappa shape index (κ1) is 15.1. The Morgan fingerprint density at radius 2 is 2.25 bits per heavy atom. The van der Waals surface area contributed by atoms with Gasteiger partial charge < -0.3 is 15.2 Å². The number of fused-ring (bicyclic) bond motifs is 1. The van der Waals surface area contributed by atoms with Gasteiger partial charge in [0.2, 0.25) is 0 Å². The van der Waals surface area contributed by atoms with Crippen molar-refractivity contribution in [2.45, 2.75) is 32.9 Å². The predicted octanol–water partition coefficient (Wildman–Crippen LogP) is 1.33. The normalized spacial score (nSPS) is 17.7. The number of hydrogen-bond acceptors (Lipinski definition) is 6. The van der Waals surface area contributed by atoms with Gasteiger partial charge in [0.25, 0.3) is 0 Å². The minimum atomic E-state index is 0.387. The largest absolute Gasteiger partial charge is 0.364 e. The third kappa shape index (κ3) is 2.34. The average Bonchev–Trinajstić information content (AvgIpc) is 3.29. The Kier molecular flexibility index (Phi) is 3.68. The van der Waals surface area contributed by atoms with E-state index in [0.29, 0.717) is 6.04 Å². The van der Waals surface area contributed by atoms with Crippen LogP contribution in [0.5, 0.6) is 0 Å². The Morgan fingerprint density at radius 3 is 2.96 bits per heavy atom. The molecule has 126 valence electrons. The Labute approximate surface area is 140 Å². The second-order valence-corrected chi connectivity index (χ2v) is 6.18. The lowest BCUT2D eigenvalue weighted by Crippen LogP contribution is -2.22. The van der Waals surface area contributed by atoms with E-state index in [1.165, 1.54) is 0 Å². The summed E-state index contributed by atoms with van der Waals surface area (Å²) < 4.78 is 3.99. The van der Waals surface area contributed by atoms with Gasteiger partial charge in [-0.05, 0) is 26.8 Å². The van der Waals surface area contributed by atoms with Gasteiger partial charge in [0.1, 0.15) is 12.2 Å². The molecular formula is C16H22N8. The van der Waals surface area contributed by atoms with Crippen molar-refractivity contribution in [2.75, 3.05) is 18.4 Å². The number of imidazole rings is 1. The zero-order chi connectivity index (χ0) is 16.7. The summed E-state index contributed by atoms with van der Waals surface area (Å²) in [6, 6.07) is 0.387. The van der Waals surface area contributed by atoms with Crippen LogP contribution in [-0.4, -0.2) is 48.4 Å². The van der Waals surface area contributed by atoms with E-state index >= 15 is 0 Å². The summed E-state index contributed by atoms with van der Waals surface area (Å²) in [4.78, 5) is 13.7. The lowest BCUT2D eigenvalue weighted by atomic mass is 10.2. The van der Waals surface area contributed by atoms with E-state index in [2.05, 4.69) is 39.5 Å². The van der Waals surface area contributed by atoms with Gasteiger partial charge in [0.15, 0.2) is 17.0 Å². The van der Waals surface area contributed by atoms with Gasteiger partial charge in [-0.3, -0.25) is 4.68 Å². The lowest BCUT2D eigenvalue weighted by molar-refractivity contribution is 0.640. The molecule has 0 aliphatic carbocycles. The predicted molar refractivity (Wildman–Crippen MR) is 92.8 cm³/mol. The maximum Gasteiger partial charge on any atom is 0.165 e. The van der Waals surface area contributed by atoms with Crippen LogP contribution in [0.1, 0.15) is 19.0 Å². The molecule has 0 radical (unpaired) electrons. The summed E-state index contributed by atoms with van der Waals surface area (Å²) in [5, 5.41) is 11.3. The second-order valence-electron chi connectivity index (χ2n) is 6.18. The van der Waals surface area contributed by atoms with Gasteiger partial charge in [0, 0.05) is 31.9 Å². The standard InChI is InChI=1S/C16H22N8/c1-4-24-10(2)12(8-20-24)15-22-13-14(21-11-5-6-17-7-11)18-9-19-16(13)23(15)3/h8-9,11,17H,4-7H2,1-3H3,(H,18,19,21)/t11-/m0/s1. The summed E-state index contributed by atoms with van der Waals surface area (Å²) in [6.45, 7) is 6.99. The molecule has 0 unspecified atom stereocenters. The highest BCUT2D eigenvalue weighted by Crippen LogP contribution is 2.28. The summed E-state index contributed by atoms with van der Waals surface area (Å²) in [6.07, 6.45) is 4.57. The zero-order valence-electron chi connectivity index (χ0n) is 14.2. The molecule has 8 nitrogen and oxygen atoms in total. The summed E-state index contributed by atoms with van der Waals surface area (Å²) in [5.74, 6) is 1.67. The van der Waals surface area contributed by atoms with Crippen molar-refractivity contribution >= 4 is 17.0 Å². The summed E-state index contributed by atoms with van der Waals surface area (Å²) in [7, 11) is 1.99. The molecule has 0 amide bonds. The SMILES string of the molecule is CCn1ncc(-c2nc3c(N[C@H]4CCNC4)ncnc3n2C)c1C. The van der Waals surface area contributed by atoms with Crippen LogP contribution in [0, 0.1) is 6.92 Å². The highest BCUT2D eigenvalue weighted by Gasteiger charge is 2.21. The van der Waals surface area contributed by atoms with Gasteiger partial charge in [-0.1, -0.05) is 0 Å². The minimum absolute atomic E-state index is 0.387. The number of anilines is 1. The molecule has 1 fully saturated rings. The van der Waals surface area contributed by atoms with Crippen LogP contribution in [0.25, 0.3) is 22.6 Å². The molecule has 2 N–H and O–H groups in total. The second kappa shape index (κ2) is 5.86. The Morgan fingerprint density at radius 1 is 1.38 bits per heavy atom. The maximum atomic E-state index is 4.83. The van der Waals surface area contributed by atoms with Crippen molar-refractivity contribution in [3.63, 3.8) is 0 Å². The highest BCUT2D eigenvalue weighted by atomic mass is 15.3. The molecule has 1 aliphatic rings. The third-order valence-corrected chi connectivity index (χ3v) is 4.70. The van der Waals surface area contributed by atoms with Gasteiger partial charge in [-0.25, -0.2) is 15.0 Å². The van der Waals surface area contributed by atoms with Crippen LogP contribution >= 0.6 is 0 Å². The Bertz CT molecular complexity index is 872. The van der Waals surface area contributed by atoms with Crippen LogP contribution < -0.4 is 10.6 Å². The molecule has 24 heavy (non-hydrogen) atoms. The topological polar surface area (TPSA) is 85.5 Å². The van der Waals surface area contributed by atoms with Crippen LogP contribution in [0.2, 0.25) is 0 Å². The van der Waals surface area contributed by atoms with E-state index in [0.717, 1.165) is 60.1 Å². The van der Waals surface area contributed by atoms with Crippen LogP contribution in [0.15, 0.2) is 12.5 Å². The van der Waals surface area contributed by atoms with E-state index in [1.807, 2.05) is 22.5 Å². The van der Waals surface area contributed by atoms with Crippen LogP contribution in [0.3, 0.4) is 0 Å². The summed E-state index contributed by atoms with van der Waals surface area (Å²) >= 11 is 0. The molecule has 4 rings (SSSR count). The molecule has 3 aromatic heterocycles. The molecular weight excluding hydrogens is 304 g/mol. The van der Waals surface area contributed by atoms with E-state index in [4.69, 9.17) is 4.98 Å². The van der Waals surface area contributed by atoms with Crippen molar-refractivity contribution in [1.82, 2.24) is 34.6 Å². The number of aryl methyl sites for hydroxylation is 2. The van der Waals surface area contributed by atoms with Gasteiger partial charge >= 0.3 is 0 Å². The molecule has 0 spiro atoms. The lowest BCUT2D eigenvalue weighted by Gasteiger charge is -2.11. The molecule has 0 saturated carbocycles. The van der Waals surface area contributed by atoms with Crippen molar-refractivity contribution in [3.8, 4) is 11.4 Å². The molecule has 1 aliphatic heterocycles. The fraction of sp³-hybridized carbons (Fsp3) is 0.500. The van der Waals surface area contributed by atoms with Gasteiger partial charge in [0.05, 0.1) is 11.8 Å². The molecule has 4 heterocycles. The van der Waals surface area contributed by atoms with Crippen molar-refractivity contribution in [3.05, 3.63) is 18.2 Å².